The molecule has 5 aromatic carbocycles. The SMILES string of the molecule is c1ccc2c(-c3nc4cc5oc(-c6cccc7ccccc67)nc5cc4o3)cccc2c1. The van der Waals surface area contributed by atoms with Gasteiger partial charge in [-0.25, -0.2) is 9.97 Å². The van der Waals surface area contributed by atoms with E-state index in [1.165, 1.54) is 0 Å². The molecular formula is C28H16N2O2. The highest BCUT2D eigenvalue weighted by Gasteiger charge is 2.16. The van der Waals surface area contributed by atoms with Crippen molar-refractivity contribution in [3.05, 3.63) is 97.1 Å². The molecule has 32 heavy (non-hydrogen) atoms. The molecule has 0 aliphatic heterocycles. The maximum atomic E-state index is 6.16. The Bertz CT molecular complexity index is 1600. The molecule has 150 valence electrons. The lowest BCUT2D eigenvalue weighted by atomic mass is 10.0. The van der Waals surface area contributed by atoms with Crippen molar-refractivity contribution in [1.29, 1.82) is 0 Å². The maximum absolute atomic E-state index is 6.16. The van der Waals surface area contributed by atoms with Crippen molar-refractivity contribution >= 4 is 43.7 Å². The quantitative estimate of drug-likeness (QED) is 0.293. The average molecular weight is 412 g/mol. The summed E-state index contributed by atoms with van der Waals surface area (Å²) in [5.74, 6) is 1.19. The summed E-state index contributed by atoms with van der Waals surface area (Å²) in [7, 11) is 0. The van der Waals surface area contributed by atoms with E-state index in [4.69, 9.17) is 18.8 Å². The van der Waals surface area contributed by atoms with E-state index in [9.17, 15) is 0 Å². The highest BCUT2D eigenvalue weighted by Crippen LogP contribution is 2.34. The molecule has 4 nitrogen and oxygen atoms in total. The molecule has 0 spiro atoms. The summed E-state index contributed by atoms with van der Waals surface area (Å²) < 4.78 is 12.3. The third kappa shape index (κ3) is 2.56. The molecule has 0 saturated carbocycles. The van der Waals surface area contributed by atoms with Gasteiger partial charge >= 0.3 is 0 Å². The zero-order valence-electron chi connectivity index (χ0n) is 16.9. The van der Waals surface area contributed by atoms with Gasteiger partial charge in [0.15, 0.2) is 11.2 Å². The molecule has 0 saturated heterocycles. The van der Waals surface area contributed by atoms with Gasteiger partial charge in [0, 0.05) is 23.3 Å². The predicted octanol–water partition coefficient (Wildman–Crippen LogP) is 7.61. The Balaban J connectivity index is 1.39. The Labute approximate surface area is 182 Å². The lowest BCUT2D eigenvalue weighted by Crippen LogP contribution is -1.80. The smallest absolute Gasteiger partial charge is 0.227 e. The van der Waals surface area contributed by atoms with E-state index in [0.29, 0.717) is 22.9 Å². The predicted molar refractivity (Wildman–Crippen MR) is 127 cm³/mol. The number of benzene rings is 5. The number of hydrogen-bond donors (Lipinski definition) is 0. The van der Waals surface area contributed by atoms with Gasteiger partial charge in [-0.3, -0.25) is 0 Å². The van der Waals surface area contributed by atoms with E-state index in [0.717, 1.165) is 43.7 Å². The van der Waals surface area contributed by atoms with Crippen molar-refractivity contribution in [3.63, 3.8) is 0 Å². The van der Waals surface area contributed by atoms with E-state index >= 15 is 0 Å². The minimum atomic E-state index is 0.596. The number of fused-ring (bicyclic) bond motifs is 4. The molecule has 0 aliphatic rings. The van der Waals surface area contributed by atoms with Gasteiger partial charge < -0.3 is 8.83 Å². The summed E-state index contributed by atoms with van der Waals surface area (Å²) in [6, 6.07) is 32.6. The Morgan fingerprint density at radius 3 is 1.41 bits per heavy atom. The summed E-state index contributed by atoms with van der Waals surface area (Å²) in [6.45, 7) is 0. The molecule has 7 rings (SSSR count). The Morgan fingerprint density at radius 1 is 0.469 bits per heavy atom. The molecule has 2 aromatic heterocycles. The second kappa shape index (κ2) is 6.53. The number of aromatic nitrogens is 2. The van der Waals surface area contributed by atoms with Crippen LogP contribution in [0.1, 0.15) is 0 Å². The Hall–Kier alpha value is -4.44. The summed E-state index contributed by atoms with van der Waals surface area (Å²) >= 11 is 0. The topological polar surface area (TPSA) is 52.1 Å². The van der Waals surface area contributed by atoms with Crippen molar-refractivity contribution in [2.75, 3.05) is 0 Å². The van der Waals surface area contributed by atoms with E-state index < -0.39 is 0 Å². The first-order chi connectivity index (χ1) is 15.8. The monoisotopic (exact) mass is 412 g/mol. The van der Waals surface area contributed by atoms with Crippen LogP contribution in [0.4, 0.5) is 0 Å². The molecule has 0 amide bonds. The average Bonchev–Trinajstić information content (AvgIpc) is 3.44. The first-order valence-corrected chi connectivity index (χ1v) is 10.5. The van der Waals surface area contributed by atoms with Crippen LogP contribution in [-0.4, -0.2) is 9.97 Å². The number of oxazole rings is 2. The largest absolute Gasteiger partial charge is 0.436 e. The zero-order chi connectivity index (χ0) is 21.1. The van der Waals surface area contributed by atoms with Crippen molar-refractivity contribution in [1.82, 2.24) is 9.97 Å². The van der Waals surface area contributed by atoms with E-state index in [2.05, 4.69) is 36.4 Å². The fourth-order valence-electron chi connectivity index (χ4n) is 4.40. The normalized spacial score (nSPS) is 11.8. The van der Waals surface area contributed by atoms with Crippen molar-refractivity contribution in [2.24, 2.45) is 0 Å². The second-order valence-corrected chi connectivity index (χ2v) is 7.88. The van der Waals surface area contributed by atoms with Gasteiger partial charge in [-0.1, -0.05) is 72.8 Å². The minimum absolute atomic E-state index is 0.596. The van der Waals surface area contributed by atoms with Crippen LogP contribution >= 0.6 is 0 Å². The molecule has 0 fully saturated rings. The third-order valence-corrected chi connectivity index (χ3v) is 5.94. The van der Waals surface area contributed by atoms with Gasteiger partial charge in [0.25, 0.3) is 0 Å². The fourth-order valence-corrected chi connectivity index (χ4v) is 4.40. The highest BCUT2D eigenvalue weighted by molar-refractivity contribution is 5.98. The van der Waals surface area contributed by atoms with Crippen molar-refractivity contribution < 1.29 is 8.83 Å². The second-order valence-electron chi connectivity index (χ2n) is 7.88. The van der Waals surface area contributed by atoms with Gasteiger partial charge in [-0.2, -0.15) is 0 Å². The minimum Gasteiger partial charge on any atom is -0.436 e. The highest BCUT2D eigenvalue weighted by atomic mass is 16.4. The lowest BCUT2D eigenvalue weighted by molar-refractivity contribution is 0.618. The van der Waals surface area contributed by atoms with E-state index in [-0.39, 0.29) is 0 Å². The first kappa shape index (κ1) is 17.3. The van der Waals surface area contributed by atoms with Crippen molar-refractivity contribution in [2.45, 2.75) is 0 Å². The van der Waals surface area contributed by atoms with Crippen molar-refractivity contribution in [3.8, 4) is 22.9 Å². The maximum Gasteiger partial charge on any atom is 0.227 e. The van der Waals surface area contributed by atoms with Crippen LogP contribution in [0.2, 0.25) is 0 Å². The van der Waals surface area contributed by atoms with Crippen LogP contribution in [-0.2, 0) is 0 Å². The molecule has 7 aromatic rings. The van der Waals surface area contributed by atoms with Gasteiger partial charge in [0.05, 0.1) is 0 Å². The van der Waals surface area contributed by atoms with Crippen LogP contribution in [0.25, 0.3) is 66.7 Å². The fraction of sp³-hybridized carbons (Fsp3) is 0. The van der Waals surface area contributed by atoms with Crippen LogP contribution < -0.4 is 0 Å². The number of nitrogens with zero attached hydrogens (tertiary/aromatic N) is 2. The number of rotatable bonds is 2. The van der Waals surface area contributed by atoms with Crippen LogP contribution in [0.15, 0.2) is 106 Å². The molecular weight excluding hydrogens is 396 g/mol. The molecule has 0 bridgehead atoms. The van der Waals surface area contributed by atoms with E-state index in [1.807, 2.05) is 60.7 Å². The first-order valence-electron chi connectivity index (χ1n) is 10.5. The van der Waals surface area contributed by atoms with Gasteiger partial charge in [0.1, 0.15) is 11.0 Å². The summed E-state index contributed by atoms with van der Waals surface area (Å²) in [5.41, 5.74) is 4.83. The molecule has 0 unspecified atom stereocenters. The molecule has 2 heterocycles. The van der Waals surface area contributed by atoms with Crippen LogP contribution in [0.3, 0.4) is 0 Å². The lowest BCUT2D eigenvalue weighted by Gasteiger charge is -2.02. The van der Waals surface area contributed by atoms with Crippen LogP contribution in [0, 0.1) is 0 Å². The zero-order valence-corrected chi connectivity index (χ0v) is 16.9. The summed E-state index contributed by atoms with van der Waals surface area (Å²) in [5, 5.41) is 4.54. The summed E-state index contributed by atoms with van der Waals surface area (Å²) in [4.78, 5) is 9.52. The summed E-state index contributed by atoms with van der Waals surface area (Å²) in [6.07, 6.45) is 0. The third-order valence-electron chi connectivity index (χ3n) is 5.94. The molecule has 0 atom stereocenters. The molecule has 0 N–H and O–H groups in total. The Kier molecular flexibility index (Phi) is 3.52. The van der Waals surface area contributed by atoms with Gasteiger partial charge in [-0.15, -0.1) is 0 Å². The Morgan fingerprint density at radius 2 is 0.906 bits per heavy atom. The standard InChI is InChI=1S/C28H16N2O2/c1-3-11-19-17(7-1)9-5-13-21(19)27-29-23-15-26-24(16-25(23)31-27)30-28(32-26)22-14-6-10-18-8-2-4-12-20(18)22/h1-16H. The van der Waals surface area contributed by atoms with E-state index in [1.54, 1.807) is 0 Å². The number of hydrogen-bond acceptors (Lipinski definition) is 4. The van der Waals surface area contributed by atoms with Crippen LogP contribution in [0.5, 0.6) is 0 Å². The molecule has 0 radical (unpaired) electrons. The molecule has 4 heteroatoms. The van der Waals surface area contributed by atoms with Gasteiger partial charge in [-0.05, 0) is 33.7 Å². The van der Waals surface area contributed by atoms with Gasteiger partial charge in [0.2, 0.25) is 11.8 Å². The molecule has 0 aliphatic carbocycles.